The summed E-state index contributed by atoms with van der Waals surface area (Å²) in [6.07, 6.45) is 0. The largest absolute Gasteiger partial charge is 0.497 e. The minimum Gasteiger partial charge on any atom is -0.497 e. The molecule has 3 rings (SSSR count). The number of nitrogens with one attached hydrogen (secondary N) is 3. The molecule has 2 aromatic carbocycles. The van der Waals surface area contributed by atoms with Crippen LogP contribution in [0.5, 0.6) is 17.2 Å². The average Bonchev–Trinajstić information content (AvgIpc) is 2.82. The van der Waals surface area contributed by atoms with Crippen LogP contribution in [0.25, 0.3) is 0 Å². The van der Waals surface area contributed by atoms with E-state index >= 15 is 0 Å². The summed E-state index contributed by atoms with van der Waals surface area (Å²) in [5.41, 5.74) is 1.67. The Morgan fingerprint density at radius 1 is 1.09 bits per heavy atom. The van der Waals surface area contributed by atoms with Gasteiger partial charge < -0.3 is 34.9 Å². The van der Waals surface area contributed by atoms with Crippen LogP contribution in [0, 0.1) is 0 Å². The second-order valence-electron chi connectivity index (χ2n) is 7.15. The number of carbonyl (C=O) groups is 3. The van der Waals surface area contributed by atoms with Gasteiger partial charge in [0.1, 0.15) is 5.75 Å². The lowest BCUT2D eigenvalue weighted by atomic mass is 9.94. The molecule has 1 unspecified atom stereocenters. The van der Waals surface area contributed by atoms with E-state index in [0.29, 0.717) is 22.7 Å². The van der Waals surface area contributed by atoms with Crippen molar-refractivity contribution < 1.29 is 33.3 Å². The summed E-state index contributed by atoms with van der Waals surface area (Å²) in [6, 6.07) is 8.61. The molecule has 10 nitrogen and oxygen atoms in total. The van der Waals surface area contributed by atoms with Crippen LogP contribution in [0.15, 0.2) is 47.7 Å². The lowest BCUT2D eigenvalue weighted by molar-refractivity contribution is -0.142. The number of ether oxygens (including phenoxy) is 4. The number of benzene rings is 2. The first kappa shape index (κ1) is 24.7. The molecule has 0 saturated carbocycles. The van der Waals surface area contributed by atoms with Gasteiger partial charge in [0.15, 0.2) is 18.1 Å². The molecule has 0 bridgehead atoms. The van der Waals surface area contributed by atoms with Crippen LogP contribution < -0.4 is 30.2 Å². The fourth-order valence-electron chi connectivity index (χ4n) is 3.35. The van der Waals surface area contributed by atoms with Gasteiger partial charge in [0, 0.05) is 11.4 Å². The Hall–Kier alpha value is -3.92. The van der Waals surface area contributed by atoms with Gasteiger partial charge >= 0.3 is 12.0 Å². The van der Waals surface area contributed by atoms with Crippen molar-refractivity contribution in [1.82, 2.24) is 10.6 Å². The summed E-state index contributed by atoms with van der Waals surface area (Å²) in [4.78, 5) is 36.9. The number of urea groups is 1. The van der Waals surface area contributed by atoms with Gasteiger partial charge in [-0.2, -0.15) is 0 Å². The molecule has 0 spiro atoms. The highest BCUT2D eigenvalue weighted by molar-refractivity contribution is 6.32. The fraction of sp³-hybridized carbons (Fsp3) is 0.261. The summed E-state index contributed by atoms with van der Waals surface area (Å²) in [7, 11) is 4.19. The van der Waals surface area contributed by atoms with Gasteiger partial charge in [-0.1, -0.05) is 11.6 Å². The van der Waals surface area contributed by atoms with Crippen LogP contribution >= 0.6 is 11.6 Å². The summed E-state index contributed by atoms with van der Waals surface area (Å²) in [5.74, 6) is -0.0329. The van der Waals surface area contributed by atoms with E-state index in [4.69, 9.17) is 25.8 Å². The van der Waals surface area contributed by atoms with Crippen molar-refractivity contribution in [3.05, 3.63) is 58.3 Å². The standard InChI is InChI=1S/C23H24ClN3O7/c1-12-19(22(29)26-14-5-7-15(31-2)8-6-14)20(27-23(30)25-12)13-9-16(24)21(17(10-13)32-3)34-11-18(28)33-4/h5-10,20H,11H2,1-4H3,(H,26,29)(H2,25,27,30). The minimum atomic E-state index is -0.840. The molecule has 11 heteroatoms. The number of carbonyl (C=O) groups excluding carboxylic acids is 3. The Labute approximate surface area is 201 Å². The zero-order valence-electron chi connectivity index (χ0n) is 19.0. The van der Waals surface area contributed by atoms with E-state index < -0.39 is 23.9 Å². The predicted molar refractivity (Wildman–Crippen MR) is 124 cm³/mol. The van der Waals surface area contributed by atoms with Crippen molar-refractivity contribution in [2.24, 2.45) is 0 Å². The zero-order valence-corrected chi connectivity index (χ0v) is 19.7. The van der Waals surface area contributed by atoms with Gasteiger partial charge in [0.2, 0.25) is 0 Å². The van der Waals surface area contributed by atoms with Crippen molar-refractivity contribution in [3.8, 4) is 17.2 Å². The van der Waals surface area contributed by atoms with Gasteiger partial charge in [-0.05, 0) is 48.9 Å². The summed E-state index contributed by atoms with van der Waals surface area (Å²) >= 11 is 6.40. The van der Waals surface area contributed by atoms with E-state index in [9.17, 15) is 14.4 Å². The zero-order chi connectivity index (χ0) is 24.8. The third kappa shape index (κ3) is 5.52. The quantitative estimate of drug-likeness (QED) is 0.486. The maximum Gasteiger partial charge on any atom is 0.343 e. The van der Waals surface area contributed by atoms with Crippen molar-refractivity contribution in [2.75, 3.05) is 33.3 Å². The van der Waals surface area contributed by atoms with Crippen LogP contribution in [-0.4, -0.2) is 45.8 Å². The average molecular weight is 490 g/mol. The number of rotatable bonds is 8. The van der Waals surface area contributed by atoms with Crippen molar-refractivity contribution >= 4 is 35.2 Å². The van der Waals surface area contributed by atoms with E-state index in [1.54, 1.807) is 44.4 Å². The van der Waals surface area contributed by atoms with Crippen molar-refractivity contribution in [3.63, 3.8) is 0 Å². The molecule has 0 saturated heterocycles. The van der Waals surface area contributed by atoms with Gasteiger partial charge in [-0.3, -0.25) is 4.79 Å². The Balaban J connectivity index is 1.94. The first-order valence-corrected chi connectivity index (χ1v) is 10.5. The highest BCUT2D eigenvalue weighted by Gasteiger charge is 2.32. The number of halogens is 1. The molecule has 2 aromatic rings. The highest BCUT2D eigenvalue weighted by Crippen LogP contribution is 2.40. The highest BCUT2D eigenvalue weighted by atomic mass is 35.5. The summed E-state index contributed by atoms with van der Waals surface area (Å²) in [5, 5.41) is 8.30. The van der Waals surface area contributed by atoms with E-state index in [2.05, 4.69) is 20.7 Å². The van der Waals surface area contributed by atoms with Crippen LogP contribution in [0.4, 0.5) is 10.5 Å². The molecule has 34 heavy (non-hydrogen) atoms. The minimum absolute atomic E-state index is 0.124. The number of methoxy groups -OCH3 is 3. The lowest BCUT2D eigenvalue weighted by Crippen LogP contribution is -2.46. The molecule has 1 aliphatic heterocycles. The number of esters is 1. The van der Waals surface area contributed by atoms with Crippen LogP contribution in [0.1, 0.15) is 18.5 Å². The number of amides is 3. The Morgan fingerprint density at radius 2 is 1.79 bits per heavy atom. The Kier molecular flexibility index (Phi) is 7.85. The van der Waals surface area contributed by atoms with Gasteiger partial charge in [0.05, 0.1) is 38.0 Å². The molecule has 0 aromatic heterocycles. The van der Waals surface area contributed by atoms with Crippen molar-refractivity contribution in [2.45, 2.75) is 13.0 Å². The predicted octanol–water partition coefficient (Wildman–Crippen LogP) is 3.18. The maximum atomic E-state index is 13.2. The van der Waals surface area contributed by atoms with E-state index in [1.165, 1.54) is 20.3 Å². The molecule has 0 fully saturated rings. The molecule has 1 aliphatic rings. The molecule has 180 valence electrons. The van der Waals surface area contributed by atoms with Gasteiger partial charge in [-0.15, -0.1) is 0 Å². The molecular formula is C23H24ClN3O7. The Morgan fingerprint density at radius 3 is 2.41 bits per heavy atom. The molecular weight excluding hydrogens is 466 g/mol. The second kappa shape index (κ2) is 10.8. The van der Waals surface area contributed by atoms with Crippen molar-refractivity contribution in [1.29, 1.82) is 0 Å². The van der Waals surface area contributed by atoms with Crippen LogP contribution in [-0.2, 0) is 14.3 Å². The monoisotopic (exact) mass is 489 g/mol. The van der Waals surface area contributed by atoms with Crippen LogP contribution in [0.2, 0.25) is 5.02 Å². The number of anilines is 1. The number of allylic oxidation sites excluding steroid dienone is 1. The molecule has 3 N–H and O–H groups in total. The fourth-order valence-corrected chi connectivity index (χ4v) is 3.63. The molecule has 1 heterocycles. The third-order valence-corrected chi connectivity index (χ3v) is 5.29. The summed E-state index contributed by atoms with van der Waals surface area (Å²) in [6.45, 7) is 1.26. The smallest absolute Gasteiger partial charge is 0.343 e. The normalized spacial score (nSPS) is 15.1. The topological polar surface area (TPSA) is 124 Å². The lowest BCUT2D eigenvalue weighted by Gasteiger charge is -2.29. The molecule has 0 radical (unpaired) electrons. The van der Waals surface area contributed by atoms with Gasteiger partial charge in [0.25, 0.3) is 5.91 Å². The first-order valence-electron chi connectivity index (χ1n) is 10.1. The third-order valence-electron chi connectivity index (χ3n) is 5.01. The first-order chi connectivity index (χ1) is 16.3. The number of hydrogen-bond acceptors (Lipinski definition) is 7. The number of hydrogen-bond donors (Lipinski definition) is 3. The Bertz CT molecular complexity index is 1130. The van der Waals surface area contributed by atoms with E-state index in [-0.39, 0.29) is 28.7 Å². The molecule has 3 amide bonds. The SMILES string of the molecule is COC(=O)COc1c(Cl)cc(C2NC(=O)NC(C)=C2C(=O)Nc2ccc(OC)cc2)cc1OC. The summed E-state index contributed by atoms with van der Waals surface area (Å²) < 4.78 is 20.5. The van der Waals surface area contributed by atoms with Gasteiger partial charge in [-0.25, -0.2) is 9.59 Å². The molecule has 1 atom stereocenters. The van der Waals surface area contributed by atoms with E-state index in [0.717, 1.165) is 0 Å². The van der Waals surface area contributed by atoms with Crippen LogP contribution in [0.3, 0.4) is 0 Å². The second-order valence-corrected chi connectivity index (χ2v) is 7.56. The maximum absolute atomic E-state index is 13.2. The molecule has 0 aliphatic carbocycles. The van der Waals surface area contributed by atoms with E-state index in [1.807, 2.05) is 0 Å².